The van der Waals surface area contributed by atoms with Crippen LogP contribution in [0.25, 0.3) is 5.65 Å². The predicted octanol–water partition coefficient (Wildman–Crippen LogP) is 1.47. The number of nitrogens with zero attached hydrogens (tertiary/aromatic N) is 2. The molecule has 0 spiro atoms. The van der Waals surface area contributed by atoms with Gasteiger partial charge in [-0.05, 0) is 12.1 Å². The first-order chi connectivity index (χ1) is 4.88. The van der Waals surface area contributed by atoms with Crippen molar-refractivity contribution in [3.8, 4) is 0 Å². The molecule has 2 aromatic heterocycles. The van der Waals surface area contributed by atoms with Crippen LogP contribution in [0.1, 0.15) is 0 Å². The Morgan fingerprint density at radius 2 is 2.30 bits per heavy atom. The highest BCUT2D eigenvalue weighted by atomic mass is 19.1. The van der Waals surface area contributed by atoms with Crippen molar-refractivity contribution in [1.29, 1.82) is 0 Å². The Hall–Kier alpha value is -1.38. The fraction of sp³-hybridized carbons (Fsp3) is 0. The molecule has 10 heavy (non-hydrogen) atoms. The molecule has 0 aromatic carbocycles. The largest absolute Gasteiger partial charge is 0.276 e. The van der Waals surface area contributed by atoms with Gasteiger partial charge in [0.05, 0.1) is 6.20 Å². The second-order valence-electron chi connectivity index (χ2n) is 2.01. The van der Waals surface area contributed by atoms with Gasteiger partial charge in [-0.1, -0.05) is 6.07 Å². The average Bonchev–Trinajstić information content (AvgIpc) is 2.34. The highest BCUT2D eigenvalue weighted by Crippen LogP contribution is 2.02. The summed E-state index contributed by atoms with van der Waals surface area (Å²) in [5.74, 6) is -0.324. The first-order valence-corrected chi connectivity index (χ1v) is 2.95. The minimum atomic E-state index is -0.324. The summed E-state index contributed by atoms with van der Waals surface area (Å²) in [6.07, 6.45) is 2.84. The summed E-state index contributed by atoms with van der Waals surface area (Å²) in [6.45, 7) is 0. The number of hydrogen-bond acceptors (Lipinski definition) is 1. The fourth-order valence-corrected chi connectivity index (χ4v) is 0.902. The Kier molecular flexibility index (Phi) is 0.974. The molecule has 0 fully saturated rings. The average molecular weight is 136 g/mol. The molecule has 3 heteroatoms. The van der Waals surface area contributed by atoms with E-state index in [0.717, 1.165) is 0 Å². The molecule has 0 aliphatic heterocycles. The molecule has 0 bridgehead atoms. The molecule has 0 saturated heterocycles. The van der Waals surface area contributed by atoms with Crippen LogP contribution in [0.4, 0.5) is 4.39 Å². The van der Waals surface area contributed by atoms with E-state index < -0.39 is 0 Å². The van der Waals surface area contributed by atoms with Gasteiger partial charge in [-0.15, -0.1) is 0 Å². The van der Waals surface area contributed by atoms with E-state index in [2.05, 4.69) is 4.98 Å². The molecule has 0 amide bonds. The SMILES string of the molecule is Fc1cnc2ccccn12. The molecule has 2 nitrogen and oxygen atoms in total. The van der Waals surface area contributed by atoms with Crippen LogP contribution in [0.2, 0.25) is 0 Å². The van der Waals surface area contributed by atoms with Crippen molar-refractivity contribution in [3.05, 3.63) is 36.5 Å². The maximum absolute atomic E-state index is 12.6. The number of imidazole rings is 1. The van der Waals surface area contributed by atoms with Crippen LogP contribution in [0, 0.1) is 5.95 Å². The Labute approximate surface area is 56.9 Å². The summed E-state index contributed by atoms with van der Waals surface area (Å²) >= 11 is 0. The number of rotatable bonds is 0. The third-order valence-corrected chi connectivity index (χ3v) is 1.37. The monoisotopic (exact) mass is 136 g/mol. The highest BCUT2D eigenvalue weighted by molar-refractivity contribution is 5.37. The predicted molar refractivity (Wildman–Crippen MR) is 35.2 cm³/mol. The molecule has 0 N–H and O–H groups in total. The number of halogens is 1. The Balaban J connectivity index is 2.93. The van der Waals surface area contributed by atoms with Crippen molar-refractivity contribution in [2.24, 2.45) is 0 Å². The van der Waals surface area contributed by atoms with Crippen molar-refractivity contribution < 1.29 is 4.39 Å². The molecule has 0 atom stereocenters. The summed E-state index contributed by atoms with van der Waals surface area (Å²) in [5, 5.41) is 0. The van der Waals surface area contributed by atoms with Crippen LogP contribution in [-0.4, -0.2) is 9.38 Å². The number of aromatic nitrogens is 2. The van der Waals surface area contributed by atoms with Gasteiger partial charge < -0.3 is 0 Å². The Morgan fingerprint density at radius 1 is 1.40 bits per heavy atom. The molecule has 2 rings (SSSR count). The minimum Gasteiger partial charge on any atom is -0.276 e. The summed E-state index contributed by atoms with van der Waals surface area (Å²) in [5.41, 5.74) is 0.639. The van der Waals surface area contributed by atoms with Crippen LogP contribution in [0.5, 0.6) is 0 Å². The zero-order valence-corrected chi connectivity index (χ0v) is 5.16. The van der Waals surface area contributed by atoms with Gasteiger partial charge in [0, 0.05) is 6.20 Å². The first kappa shape index (κ1) is 5.41. The number of pyridine rings is 1. The zero-order valence-electron chi connectivity index (χ0n) is 5.16. The van der Waals surface area contributed by atoms with E-state index in [1.165, 1.54) is 10.6 Å². The summed E-state index contributed by atoms with van der Waals surface area (Å²) in [6, 6.07) is 5.34. The van der Waals surface area contributed by atoms with Crippen molar-refractivity contribution in [2.45, 2.75) is 0 Å². The van der Waals surface area contributed by atoms with Crippen molar-refractivity contribution in [1.82, 2.24) is 9.38 Å². The highest BCUT2D eigenvalue weighted by Gasteiger charge is 1.97. The molecular weight excluding hydrogens is 131 g/mol. The van der Waals surface area contributed by atoms with Crippen molar-refractivity contribution in [2.75, 3.05) is 0 Å². The quantitative estimate of drug-likeness (QED) is 0.536. The molecule has 0 saturated carbocycles. The van der Waals surface area contributed by atoms with Crippen LogP contribution in [0.15, 0.2) is 30.6 Å². The normalized spacial score (nSPS) is 10.5. The van der Waals surface area contributed by atoms with Gasteiger partial charge in [-0.3, -0.25) is 4.40 Å². The lowest BCUT2D eigenvalue weighted by molar-refractivity contribution is 0.573. The minimum absolute atomic E-state index is 0.324. The molecule has 2 aromatic rings. The molecule has 50 valence electrons. The van der Waals surface area contributed by atoms with Crippen LogP contribution in [0.3, 0.4) is 0 Å². The van der Waals surface area contributed by atoms with Crippen LogP contribution >= 0.6 is 0 Å². The van der Waals surface area contributed by atoms with Gasteiger partial charge in [0.1, 0.15) is 5.65 Å². The van der Waals surface area contributed by atoms with E-state index >= 15 is 0 Å². The maximum atomic E-state index is 12.6. The van der Waals surface area contributed by atoms with Crippen molar-refractivity contribution >= 4 is 5.65 Å². The van der Waals surface area contributed by atoms with Gasteiger partial charge in [-0.25, -0.2) is 4.98 Å². The lowest BCUT2D eigenvalue weighted by atomic mass is 10.5. The molecule has 0 aliphatic carbocycles. The van der Waals surface area contributed by atoms with E-state index in [-0.39, 0.29) is 5.95 Å². The summed E-state index contributed by atoms with van der Waals surface area (Å²) in [4.78, 5) is 3.81. The first-order valence-electron chi connectivity index (χ1n) is 2.95. The third kappa shape index (κ3) is 0.603. The van der Waals surface area contributed by atoms with E-state index in [1.54, 1.807) is 18.3 Å². The smallest absolute Gasteiger partial charge is 0.217 e. The van der Waals surface area contributed by atoms with Gasteiger partial charge in [0.2, 0.25) is 5.95 Å². The van der Waals surface area contributed by atoms with Gasteiger partial charge in [0.25, 0.3) is 0 Å². The van der Waals surface area contributed by atoms with Crippen LogP contribution in [-0.2, 0) is 0 Å². The zero-order chi connectivity index (χ0) is 6.97. The lowest BCUT2D eigenvalue weighted by Gasteiger charge is -1.89. The standard InChI is InChI=1S/C7H5FN2/c8-6-5-9-7-3-1-2-4-10(6)7/h1-5H. The van der Waals surface area contributed by atoms with E-state index in [4.69, 9.17) is 0 Å². The fourth-order valence-electron chi connectivity index (χ4n) is 0.902. The van der Waals surface area contributed by atoms with E-state index in [1.807, 2.05) is 6.07 Å². The lowest BCUT2D eigenvalue weighted by Crippen LogP contribution is -1.84. The van der Waals surface area contributed by atoms with Crippen molar-refractivity contribution in [3.63, 3.8) is 0 Å². The second kappa shape index (κ2) is 1.80. The summed E-state index contributed by atoms with van der Waals surface area (Å²) < 4.78 is 14.0. The molecule has 0 aliphatic rings. The van der Waals surface area contributed by atoms with Gasteiger partial charge in [0.15, 0.2) is 0 Å². The van der Waals surface area contributed by atoms with Crippen LogP contribution < -0.4 is 0 Å². The number of hydrogen-bond donors (Lipinski definition) is 0. The van der Waals surface area contributed by atoms with Gasteiger partial charge >= 0.3 is 0 Å². The molecule has 0 unspecified atom stereocenters. The maximum Gasteiger partial charge on any atom is 0.217 e. The van der Waals surface area contributed by atoms with Gasteiger partial charge in [-0.2, -0.15) is 4.39 Å². The molecule has 0 radical (unpaired) electrons. The van der Waals surface area contributed by atoms with E-state index in [9.17, 15) is 4.39 Å². The topological polar surface area (TPSA) is 17.3 Å². The summed E-state index contributed by atoms with van der Waals surface area (Å²) in [7, 11) is 0. The third-order valence-electron chi connectivity index (χ3n) is 1.37. The Morgan fingerprint density at radius 3 is 3.10 bits per heavy atom. The molecular formula is C7H5FN2. The molecule has 2 heterocycles. The Bertz CT molecular complexity index is 353. The second-order valence-corrected chi connectivity index (χ2v) is 2.01. The number of fused-ring (bicyclic) bond motifs is 1. The van der Waals surface area contributed by atoms with E-state index in [0.29, 0.717) is 5.65 Å².